The summed E-state index contributed by atoms with van der Waals surface area (Å²) in [6.45, 7) is 0. The highest BCUT2D eigenvalue weighted by Gasteiger charge is 2.13. The van der Waals surface area contributed by atoms with Crippen molar-refractivity contribution in [2.45, 2.75) is 7.43 Å². The number of hydrogen-bond acceptors (Lipinski definition) is 2. The third-order valence-electron chi connectivity index (χ3n) is 8.59. The van der Waals surface area contributed by atoms with E-state index in [4.69, 9.17) is 0 Å². The van der Waals surface area contributed by atoms with Crippen LogP contribution in [-0.2, 0) is 0 Å². The van der Waals surface area contributed by atoms with Crippen LogP contribution in [0, 0.1) is 0 Å². The van der Waals surface area contributed by atoms with Crippen molar-refractivity contribution < 1.29 is 0 Å². The lowest BCUT2D eigenvalue weighted by molar-refractivity contribution is 1.28. The molecule has 0 radical (unpaired) electrons. The predicted molar refractivity (Wildman–Crippen MR) is 228 cm³/mol. The average molecular weight is 738 g/mol. The van der Waals surface area contributed by atoms with E-state index in [1.807, 2.05) is 30.3 Å². The highest BCUT2D eigenvalue weighted by Crippen LogP contribution is 2.37. The Bertz CT molecular complexity index is 2170. The first-order valence-electron chi connectivity index (χ1n) is 17.0. The summed E-state index contributed by atoms with van der Waals surface area (Å²) in [5.41, 5.74) is 11.8. The fraction of sp³-hybridized carbons (Fsp3) is 0.0204. The van der Waals surface area contributed by atoms with E-state index in [2.05, 4.69) is 220 Å². The monoisotopic (exact) mass is 736 g/mol. The molecule has 0 spiro atoms. The van der Waals surface area contributed by atoms with Gasteiger partial charge in [0.1, 0.15) is 0 Å². The Morgan fingerprint density at radius 3 is 0.731 bits per heavy atom. The quantitative estimate of drug-likeness (QED) is 0.153. The van der Waals surface area contributed by atoms with Crippen LogP contribution in [0.4, 0.5) is 34.1 Å². The molecule has 8 aromatic carbocycles. The van der Waals surface area contributed by atoms with E-state index in [0.717, 1.165) is 38.6 Å². The molecule has 0 N–H and O–H groups in total. The standard InChI is InChI=1S/C24H18BrN.C24H19N.CH4/c25-21-13-17-24(18-14-21)26(22-9-5-2-6-10-22)23-15-11-20(12-16-23)19-7-3-1-4-8-19;1-4-10-20(11-5-1)21-16-18-24(19-17-21)25(22-12-6-2-7-13-22)23-14-8-3-9-15-23;/h1-18H;1-19H;1H4. The van der Waals surface area contributed by atoms with Gasteiger partial charge in [-0.2, -0.15) is 0 Å². The SMILES string of the molecule is Brc1ccc(N(c2ccccc2)c2ccc(-c3ccccc3)cc2)cc1.C.c1ccc(-c2ccc(N(c3ccccc3)c3ccccc3)cc2)cc1. The predicted octanol–water partition coefficient (Wildman–Crippen LogP) is 15.0. The fourth-order valence-corrected chi connectivity index (χ4v) is 6.35. The first kappa shape index (κ1) is 35.7. The van der Waals surface area contributed by atoms with Gasteiger partial charge in [-0.3, -0.25) is 0 Å². The second kappa shape index (κ2) is 17.7. The molecule has 0 heterocycles. The maximum Gasteiger partial charge on any atom is 0.0462 e. The summed E-state index contributed by atoms with van der Waals surface area (Å²) in [5, 5.41) is 0. The maximum absolute atomic E-state index is 3.52. The Labute approximate surface area is 317 Å². The van der Waals surface area contributed by atoms with Crippen LogP contribution in [0.15, 0.2) is 229 Å². The molecule has 0 aromatic heterocycles. The minimum absolute atomic E-state index is 0. The average Bonchev–Trinajstić information content (AvgIpc) is 3.22. The number of para-hydroxylation sites is 3. The van der Waals surface area contributed by atoms with Crippen LogP contribution < -0.4 is 9.80 Å². The molecular weight excluding hydrogens is 696 g/mol. The van der Waals surface area contributed by atoms with E-state index < -0.39 is 0 Å². The van der Waals surface area contributed by atoms with Crippen molar-refractivity contribution >= 4 is 50.1 Å². The Morgan fingerprint density at radius 1 is 0.231 bits per heavy atom. The van der Waals surface area contributed by atoms with Crippen molar-refractivity contribution in [2.75, 3.05) is 9.80 Å². The van der Waals surface area contributed by atoms with Gasteiger partial charge in [0.05, 0.1) is 0 Å². The van der Waals surface area contributed by atoms with Crippen LogP contribution in [0.1, 0.15) is 7.43 Å². The van der Waals surface area contributed by atoms with Gasteiger partial charge in [0.15, 0.2) is 0 Å². The van der Waals surface area contributed by atoms with Crippen molar-refractivity contribution in [3.05, 3.63) is 229 Å². The lowest BCUT2D eigenvalue weighted by atomic mass is 10.0. The molecule has 0 atom stereocenters. The third kappa shape index (κ3) is 8.76. The number of nitrogens with zero attached hydrogens (tertiary/aromatic N) is 2. The van der Waals surface area contributed by atoms with Gasteiger partial charge >= 0.3 is 0 Å². The van der Waals surface area contributed by atoms with Gasteiger partial charge in [-0.05, 0) is 107 Å². The van der Waals surface area contributed by atoms with Crippen molar-refractivity contribution in [2.24, 2.45) is 0 Å². The van der Waals surface area contributed by atoms with Gasteiger partial charge < -0.3 is 9.80 Å². The fourth-order valence-electron chi connectivity index (χ4n) is 6.08. The molecule has 254 valence electrons. The van der Waals surface area contributed by atoms with Gasteiger partial charge in [0.2, 0.25) is 0 Å². The van der Waals surface area contributed by atoms with Crippen molar-refractivity contribution in [3.8, 4) is 22.3 Å². The molecule has 8 aromatic rings. The van der Waals surface area contributed by atoms with Crippen molar-refractivity contribution in [3.63, 3.8) is 0 Å². The normalized spacial score (nSPS) is 10.2. The minimum atomic E-state index is 0. The number of halogens is 1. The van der Waals surface area contributed by atoms with E-state index in [1.54, 1.807) is 0 Å². The van der Waals surface area contributed by atoms with Crippen LogP contribution in [0.3, 0.4) is 0 Å². The first-order chi connectivity index (χ1) is 25.2. The zero-order valence-electron chi connectivity index (χ0n) is 28.1. The summed E-state index contributed by atoms with van der Waals surface area (Å²) in [5.74, 6) is 0. The molecule has 0 saturated heterocycles. The highest BCUT2D eigenvalue weighted by atomic mass is 79.9. The molecule has 3 heteroatoms. The smallest absolute Gasteiger partial charge is 0.0462 e. The molecule has 0 bridgehead atoms. The van der Waals surface area contributed by atoms with Crippen molar-refractivity contribution in [1.82, 2.24) is 0 Å². The van der Waals surface area contributed by atoms with Gasteiger partial charge in [-0.15, -0.1) is 0 Å². The summed E-state index contributed by atoms with van der Waals surface area (Å²) in [7, 11) is 0. The summed E-state index contributed by atoms with van der Waals surface area (Å²) in [4.78, 5) is 4.54. The maximum atomic E-state index is 3.52. The first-order valence-corrected chi connectivity index (χ1v) is 17.8. The molecule has 0 aliphatic carbocycles. The molecule has 0 unspecified atom stereocenters. The summed E-state index contributed by atoms with van der Waals surface area (Å²) in [6.07, 6.45) is 0. The number of anilines is 6. The van der Waals surface area contributed by atoms with E-state index in [9.17, 15) is 0 Å². The largest absolute Gasteiger partial charge is 0.311 e. The lowest BCUT2D eigenvalue weighted by Gasteiger charge is -2.25. The third-order valence-corrected chi connectivity index (χ3v) is 9.12. The van der Waals surface area contributed by atoms with E-state index in [1.165, 1.54) is 22.3 Å². The van der Waals surface area contributed by atoms with Crippen LogP contribution >= 0.6 is 15.9 Å². The number of rotatable bonds is 8. The van der Waals surface area contributed by atoms with Gasteiger partial charge in [-0.25, -0.2) is 0 Å². The van der Waals surface area contributed by atoms with Crippen LogP contribution in [0.2, 0.25) is 0 Å². The van der Waals surface area contributed by atoms with E-state index >= 15 is 0 Å². The molecule has 0 aliphatic heterocycles. The zero-order chi connectivity index (χ0) is 34.7. The Kier molecular flexibility index (Phi) is 12.1. The van der Waals surface area contributed by atoms with Gasteiger partial charge in [0, 0.05) is 38.6 Å². The number of hydrogen-bond donors (Lipinski definition) is 0. The zero-order valence-corrected chi connectivity index (χ0v) is 29.7. The van der Waals surface area contributed by atoms with Gasteiger partial charge in [-0.1, -0.05) is 163 Å². The van der Waals surface area contributed by atoms with Crippen LogP contribution in [0.5, 0.6) is 0 Å². The van der Waals surface area contributed by atoms with Crippen molar-refractivity contribution in [1.29, 1.82) is 0 Å². The summed E-state index contributed by atoms with van der Waals surface area (Å²) >= 11 is 3.52. The molecule has 52 heavy (non-hydrogen) atoms. The molecular formula is C49H41BrN2. The summed E-state index contributed by atoms with van der Waals surface area (Å²) in [6, 6.07) is 78.2. The molecule has 0 saturated carbocycles. The topological polar surface area (TPSA) is 6.48 Å². The molecule has 8 rings (SSSR count). The Morgan fingerprint density at radius 2 is 0.442 bits per heavy atom. The Hall–Kier alpha value is -6.16. The molecule has 0 fully saturated rings. The Balaban J connectivity index is 0.000000175. The van der Waals surface area contributed by atoms with E-state index in [-0.39, 0.29) is 7.43 Å². The molecule has 0 amide bonds. The van der Waals surface area contributed by atoms with Crippen LogP contribution in [0.25, 0.3) is 22.3 Å². The lowest BCUT2D eigenvalue weighted by Crippen LogP contribution is -2.09. The second-order valence-corrected chi connectivity index (χ2v) is 12.9. The second-order valence-electron chi connectivity index (χ2n) is 12.0. The van der Waals surface area contributed by atoms with E-state index in [0.29, 0.717) is 0 Å². The minimum Gasteiger partial charge on any atom is -0.311 e. The highest BCUT2D eigenvalue weighted by molar-refractivity contribution is 9.10. The number of benzene rings is 8. The van der Waals surface area contributed by atoms with Crippen LogP contribution in [-0.4, -0.2) is 0 Å². The molecule has 2 nitrogen and oxygen atoms in total. The molecule has 0 aliphatic rings. The van der Waals surface area contributed by atoms with Gasteiger partial charge in [0.25, 0.3) is 0 Å². The summed E-state index contributed by atoms with van der Waals surface area (Å²) < 4.78 is 1.08.